The number of hydrogen-bond acceptors (Lipinski definition) is 6. The maximum atomic E-state index is 14.1. The summed E-state index contributed by atoms with van der Waals surface area (Å²) in [5.41, 5.74) is 2.09. The maximum Gasteiger partial charge on any atom is 0.425 e. The van der Waals surface area contributed by atoms with Crippen LogP contribution in [-0.2, 0) is 14.8 Å². The van der Waals surface area contributed by atoms with Gasteiger partial charge >= 0.3 is 6.09 Å². The fourth-order valence-electron chi connectivity index (χ4n) is 5.01. The first-order valence-corrected chi connectivity index (χ1v) is 17.1. The van der Waals surface area contributed by atoms with Crippen LogP contribution >= 0.6 is 30.6 Å². The van der Waals surface area contributed by atoms with Gasteiger partial charge in [-0.1, -0.05) is 40.9 Å². The number of ether oxygens (including phenoxy) is 2. The summed E-state index contributed by atoms with van der Waals surface area (Å²) in [6.07, 6.45) is -0.754. The molecule has 41 heavy (non-hydrogen) atoms. The number of amides is 1. The Morgan fingerprint density at radius 1 is 0.951 bits per heavy atom. The van der Waals surface area contributed by atoms with E-state index in [9.17, 15) is 13.2 Å². The van der Waals surface area contributed by atoms with E-state index >= 15 is 0 Å². The smallest absolute Gasteiger partial charge is 0.409 e. The van der Waals surface area contributed by atoms with Gasteiger partial charge in [-0.3, -0.25) is 0 Å². The number of aryl methyl sites for hydroxylation is 1. The van der Waals surface area contributed by atoms with Crippen molar-refractivity contribution in [1.29, 1.82) is 0 Å². The molecule has 9 nitrogen and oxygen atoms in total. The molecular formula is C28H31Cl2N4O5PS. The molecule has 0 aliphatic carbocycles. The average Bonchev–Trinajstić information content (AvgIpc) is 2.96. The fraction of sp³-hybridized carbons (Fsp3) is 0.321. The number of halogens is 2. The molecule has 1 saturated heterocycles. The minimum absolute atomic E-state index is 0.0325. The zero-order valence-corrected chi connectivity index (χ0v) is 26.2. The molecule has 218 valence electrons. The highest BCUT2D eigenvalue weighted by Gasteiger charge is 2.49. The maximum absolute atomic E-state index is 14.1. The molecule has 3 aromatic rings. The summed E-state index contributed by atoms with van der Waals surface area (Å²) in [5.74, 6) is 0.276. The van der Waals surface area contributed by atoms with Crippen molar-refractivity contribution < 1.29 is 22.7 Å². The van der Waals surface area contributed by atoms with Crippen molar-refractivity contribution in [2.24, 2.45) is 4.15 Å². The number of morpholine rings is 1. The molecule has 3 aromatic carbocycles. The SMILES string of the molecule is CCN(CC)c1ccc2c(c1)OC(=O)N(c1ccc(Cl)c(Cl)c1)[P@@]2(=NS(=O)(=O)c1ccc(C)cc1)N1CCOCC1. The molecule has 2 heterocycles. The Kier molecular flexibility index (Phi) is 8.71. The Hall–Kier alpha value is -2.59. The quantitative estimate of drug-likeness (QED) is 0.272. The second kappa shape index (κ2) is 12.0. The van der Waals surface area contributed by atoms with Gasteiger partial charge in [0.1, 0.15) is 5.75 Å². The van der Waals surface area contributed by atoms with Crippen LogP contribution in [0.5, 0.6) is 5.75 Å². The number of fused-ring (bicyclic) bond motifs is 1. The van der Waals surface area contributed by atoms with E-state index in [0.29, 0.717) is 42.3 Å². The lowest BCUT2D eigenvalue weighted by Gasteiger charge is -2.46. The van der Waals surface area contributed by atoms with E-state index in [1.165, 1.54) is 22.9 Å². The first kappa shape index (κ1) is 29.9. The molecule has 2 aliphatic heterocycles. The van der Waals surface area contributed by atoms with E-state index < -0.39 is 23.5 Å². The number of sulfonamides is 1. The minimum Gasteiger partial charge on any atom is -0.409 e. The number of anilines is 2. The van der Waals surface area contributed by atoms with Crippen molar-refractivity contribution in [1.82, 2.24) is 4.67 Å². The molecule has 1 amide bonds. The first-order valence-electron chi connectivity index (χ1n) is 13.3. The van der Waals surface area contributed by atoms with Gasteiger partial charge in [-0.25, -0.2) is 14.1 Å². The summed E-state index contributed by atoms with van der Waals surface area (Å²) in [5, 5.41) is 1.02. The van der Waals surface area contributed by atoms with Gasteiger partial charge in [-0.15, -0.1) is 4.15 Å². The topological polar surface area (TPSA) is 91.8 Å². The van der Waals surface area contributed by atoms with Crippen LogP contribution in [0.3, 0.4) is 0 Å². The van der Waals surface area contributed by atoms with Crippen molar-refractivity contribution in [3.8, 4) is 5.75 Å². The Labute approximate surface area is 250 Å². The molecule has 0 aromatic heterocycles. The van der Waals surface area contributed by atoms with Gasteiger partial charge in [0.15, 0.2) is 7.36 Å². The third kappa shape index (κ3) is 5.61. The average molecular weight is 638 g/mol. The second-order valence-corrected chi connectivity index (χ2v) is 15.1. The van der Waals surface area contributed by atoms with Crippen molar-refractivity contribution in [3.05, 3.63) is 76.3 Å². The lowest BCUT2D eigenvalue weighted by Crippen LogP contribution is -2.49. The standard InChI is InChI=1S/C28H31Cl2N4O5PS/c1-4-32(5-2)21-9-13-27-26(19-21)39-28(35)34(22-8-12-24(29)25(30)18-22)40(27,33-14-16-38-17-15-33)31-41(36,37)23-10-6-20(3)7-11-23/h6-13,18-19H,4-5,14-17H2,1-3H3/t40-/m0/s1. The molecule has 0 N–H and O–H groups in total. The number of carbonyl (C=O) groups excluding carboxylic acids is 1. The molecule has 13 heteroatoms. The molecule has 0 spiro atoms. The van der Waals surface area contributed by atoms with Gasteiger partial charge in [0.2, 0.25) is 0 Å². The zero-order chi connectivity index (χ0) is 29.4. The molecular weight excluding hydrogens is 606 g/mol. The van der Waals surface area contributed by atoms with Crippen LogP contribution < -0.4 is 19.6 Å². The molecule has 0 saturated carbocycles. The van der Waals surface area contributed by atoms with E-state index in [4.69, 9.17) is 36.8 Å². The number of hydrogen-bond donors (Lipinski definition) is 0. The number of benzene rings is 3. The minimum atomic E-state index is -4.27. The molecule has 1 fully saturated rings. The first-order chi connectivity index (χ1) is 19.6. The van der Waals surface area contributed by atoms with E-state index in [2.05, 4.69) is 4.90 Å². The Morgan fingerprint density at radius 3 is 2.27 bits per heavy atom. The van der Waals surface area contributed by atoms with Gasteiger partial charge in [0.05, 0.1) is 39.1 Å². The van der Waals surface area contributed by atoms with E-state index in [1.54, 1.807) is 30.3 Å². The Balaban J connectivity index is 1.87. The van der Waals surface area contributed by atoms with E-state index in [1.807, 2.05) is 37.6 Å². The summed E-state index contributed by atoms with van der Waals surface area (Å²) < 4.78 is 47.8. The van der Waals surface area contributed by atoms with Crippen molar-refractivity contribution in [2.75, 3.05) is 49.0 Å². The predicted molar refractivity (Wildman–Crippen MR) is 165 cm³/mol. The molecule has 2 aliphatic rings. The third-order valence-corrected chi connectivity index (χ3v) is 13.6. The highest BCUT2D eigenvalue weighted by Crippen LogP contribution is 2.62. The van der Waals surface area contributed by atoms with Crippen molar-refractivity contribution in [3.63, 3.8) is 0 Å². The highest BCUT2D eigenvalue weighted by atomic mass is 35.5. The number of nitrogens with zero attached hydrogens (tertiary/aromatic N) is 4. The Bertz CT molecular complexity index is 1620. The van der Waals surface area contributed by atoms with Crippen LogP contribution in [0, 0.1) is 6.92 Å². The van der Waals surface area contributed by atoms with Gasteiger partial charge in [0, 0.05) is 37.9 Å². The van der Waals surface area contributed by atoms with Crippen LogP contribution in [0.2, 0.25) is 10.0 Å². The van der Waals surface area contributed by atoms with Crippen LogP contribution in [0.4, 0.5) is 16.2 Å². The zero-order valence-electron chi connectivity index (χ0n) is 23.0. The van der Waals surface area contributed by atoms with Gasteiger partial charge in [-0.05, 0) is 63.2 Å². The third-order valence-electron chi connectivity index (χ3n) is 7.11. The molecule has 1 atom stereocenters. The monoisotopic (exact) mass is 636 g/mol. The van der Waals surface area contributed by atoms with Crippen LogP contribution in [0.25, 0.3) is 0 Å². The van der Waals surface area contributed by atoms with E-state index in [-0.39, 0.29) is 15.7 Å². The van der Waals surface area contributed by atoms with E-state index in [0.717, 1.165) is 24.3 Å². The summed E-state index contributed by atoms with van der Waals surface area (Å²) in [7, 11) is -7.89. The lowest BCUT2D eigenvalue weighted by molar-refractivity contribution is 0.0742. The molecule has 0 unspecified atom stereocenters. The molecule has 5 rings (SSSR count). The fourth-order valence-corrected chi connectivity index (χ4v) is 11.3. The van der Waals surface area contributed by atoms with Gasteiger partial charge in [0.25, 0.3) is 10.0 Å². The molecule has 0 bridgehead atoms. The van der Waals surface area contributed by atoms with Crippen LogP contribution in [-0.4, -0.2) is 58.6 Å². The van der Waals surface area contributed by atoms with Crippen molar-refractivity contribution >= 4 is 63.4 Å². The summed E-state index contributed by atoms with van der Waals surface area (Å²) in [4.78, 5) is 16.2. The highest BCUT2D eigenvalue weighted by molar-refractivity contribution is 7.95. The van der Waals surface area contributed by atoms with Crippen LogP contribution in [0.1, 0.15) is 19.4 Å². The largest absolute Gasteiger partial charge is 0.425 e. The number of carbonyl (C=O) groups is 1. The van der Waals surface area contributed by atoms with Gasteiger partial charge < -0.3 is 14.4 Å². The predicted octanol–water partition coefficient (Wildman–Crippen LogP) is 6.54. The number of rotatable bonds is 7. The normalized spacial score (nSPS) is 19.4. The van der Waals surface area contributed by atoms with Crippen LogP contribution in [0.15, 0.2) is 69.7 Å². The summed E-state index contributed by atoms with van der Waals surface area (Å²) in [6.45, 7) is 8.83. The second-order valence-electron chi connectivity index (χ2n) is 9.61. The van der Waals surface area contributed by atoms with Crippen molar-refractivity contribution in [2.45, 2.75) is 25.7 Å². The summed E-state index contributed by atoms with van der Waals surface area (Å²) in [6, 6.07) is 16.7. The Morgan fingerprint density at radius 2 is 1.63 bits per heavy atom. The molecule has 0 radical (unpaired) electrons. The summed E-state index contributed by atoms with van der Waals surface area (Å²) >= 11 is 12.6. The lowest BCUT2D eigenvalue weighted by atomic mass is 10.2. The van der Waals surface area contributed by atoms with Gasteiger partial charge in [-0.2, -0.15) is 8.42 Å².